The first-order valence-electron chi connectivity index (χ1n) is 9.94. The molecule has 2 aromatic rings. The zero-order valence-corrected chi connectivity index (χ0v) is 19.7. The quantitative estimate of drug-likeness (QED) is 0.367. The van der Waals surface area contributed by atoms with Gasteiger partial charge in [0, 0.05) is 44.6 Å². The van der Waals surface area contributed by atoms with E-state index < -0.39 is 0 Å². The van der Waals surface area contributed by atoms with Gasteiger partial charge in [0.05, 0.1) is 18.9 Å². The Kier molecular flexibility index (Phi) is 8.94. The Morgan fingerprint density at radius 3 is 2.90 bits per heavy atom. The van der Waals surface area contributed by atoms with E-state index in [1.54, 1.807) is 0 Å². The maximum Gasteiger partial charge on any atom is 0.221 e. The molecule has 1 amide bonds. The molecular formula is C21H31IN6O. The Morgan fingerprint density at radius 2 is 2.21 bits per heavy atom. The number of rotatable bonds is 5. The highest BCUT2D eigenvalue weighted by Gasteiger charge is 2.28. The molecule has 1 fully saturated rings. The van der Waals surface area contributed by atoms with Gasteiger partial charge < -0.3 is 20.1 Å². The summed E-state index contributed by atoms with van der Waals surface area (Å²) in [6.45, 7) is 9.21. The van der Waals surface area contributed by atoms with Crippen molar-refractivity contribution >= 4 is 41.5 Å². The van der Waals surface area contributed by atoms with Gasteiger partial charge in [0.25, 0.3) is 0 Å². The molecule has 0 radical (unpaired) electrons. The second-order valence-electron chi connectivity index (χ2n) is 7.34. The highest BCUT2D eigenvalue weighted by molar-refractivity contribution is 14.0. The van der Waals surface area contributed by atoms with Crippen LogP contribution in [0, 0.1) is 5.92 Å². The Balaban J connectivity index is 0.00000300. The third-order valence-electron chi connectivity index (χ3n) is 5.12. The van der Waals surface area contributed by atoms with Gasteiger partial charge in [0.1, 0.15) is 0 Å². The first-order valence-corrected chi connectivity index (χ1v) is 9.94. The topological polar surface area (TPSA) is 74.6 Å². The fourth-order valence-corrected chi connectivity index (χ4v) is 3.64. The number of imidazole rings is 1. The van der Waals surface area contributed by atoms with Crippen LogP contribution in [-0.4, -0.2) is 46.0 Å². The zero-order valence-electron chi connectivity index (χ0n) is 17.3. The van der Waals surface area contributed by atoms with Crippen LogP contribution in [0.5, 0.6) is 0 Å². The minimum absolute atomic E-state index is 0. The predicted molar refractivity (Wildman–Crippen MR) is 128 cm³/mol. The van der Waals surface area contributed by atoms with Crippen molar-refractivity contribution in [3.05, 3.63) is 48.5 Å². The van der Waals surface area contributed by atoms with Gasteiger partial charge in [-0.15, -0.1) is 24.0 Å². The number of hydrogen-bond donors (Lipinski definition) is 2. The molecule has 2 unspecified atom stereocenters. The van der Waals surface area contributed by atoms with Crippen LogP contribution in [0.4, 0.5) is 5.69 Å². The van der Waals surface area contributed by atoms with Gasteiger partial charge in [-0.3, -0.25) is 4.79 Å². The number of anilines is 1. The minimum atomic E-state index is -0.0676. The first-order chi connectivity index (χ1) is 13.6. The fourth-order valence-electron chi connectivity index (χ4n) is 3.64. The number of carbonyl (C=O) groups excluding carboxylic acids is 1. The summed E-state index contributed by atoms with van der Waals surface area (Å²) >= 11 is 0. The number of carbonyl (C=O) groups is 1. The molecule has 2 N–H and O–H groups in total. The summed E-state index contributed by atoms with van der Waals surface area (Å²) in [7, 11) is 0. The van der Waals surface area contributed by atoms with E-state index in [0.29, 0.717) is 18.5 Å². The lowest BCUT2D eigenvalue weighted by atomic mass is 9.93. The van der Waals surface area contributed by atoms with E-state index in [0.717, 1.165) is 43.3 Å². The first kappa shape index (κ1) is 23.2. The van der Waals surface area contributed by atoms with Crippen LogP contribution in [0.15, 0.2) is 48.0 Å². The molecular weight excluding hydrogens is 479 g/mol. The largest absolute Gasteiger partial charge is 0.357 e. The Hall–Kier alpha value is -2.10. The van der Waals surface area contributed by atoms with E-state index in [1.807, 2.05) is 43.0 Å². The summed E-state index contributed by atoms with van der Waals surface area (Å²) in [5, 5.41) is 6.26. The van der Waals surface area contributed by atoms with Crippen LogP contribution in [-0.2, 0) is 11.3 Å². The molecule has 2 heterocycles. The Morgan fingerprint density at radius 1 is 1.38 bits per heavy atom. The highest BCUT2D eigenvalue weighted by Crippen LogP contribution is 2.27. The summed E-state index contributed by atoms with van der Waals surface area (Å²) < 4.78 is 2.21. The van der Waals surface area contributed by atoms with Crippen LogP contribution in [0.2, 0.25) is 0 Å². The van der Waals surface area contributed by atoms with E-state index in [2.05, 4.69) is 38.9 Å². The second kappa shape index (κ2) is 11.2. The fraction of sp³-hybridized carbons (Fsp3) is 0.476. The van der Waals surface area contributed by atoms with Gasteiger partial charge in [0.2, 0.25) is 5.91 Å². The number of nitrogens with zero attached hydrogens (tertiary/aromatic N) is 4. The number of amides is 1. The van der Waals surface area contributed by atoms with Crippen LogP contribution in [0.1, 0.15) is 38.8 Å². The van der Waals surface area contributed by atoms with Crippen molar-refractivity contribution < 1.29 is 4.79 Å². The van der Waals surface area contributed by atoms with Crippen molar-refractivity contribution in [3.63, 3.8) is 0 Å². The number of nitrogens with one attached hydrogen (secondary N) is 2. The third-order valence-corrected chi connectivity index (χ3v) is 5.12. The Labute approximate surface area is 190 Å². The monoisotopic (exact) mass is 510 g/mol. The van der Waals surface area contributed by atoms with Gasteiger partial charge in [-0.05, 0) is 37.0 Å². The highest BCUT2D eigenvalue weighted by atomic mass is 127. The number of aromatic nitrogens is 2. The minimum Gasteiger partial charge on any atom is -0.357 e. The van der Waals surface area contributed by atoms with E-state index in [1.165, 1.54) is 6.92 Å². The maximum atomic E-state index is 11.3. The van der Waals surface area contributed by atoms with Crippen molar-refractivity contribution in [1.29, 1.82) is 0 Å². The van der Waals surface area contributed by atoms with Gasteiger partial charge in [-0.2, -0.15) is 0 Å². The summed E-state index contributed by atoms with van der Waals surface area (Å²) in [6, 6.07) is 8.23. The number of halogens is 1. The van der Waals surface area contributed by atoms with Crippen molar-refractivity contribution in [2.75, 3.05) is 25.0 Å². The molecule has 3 rings (SSSR count). The smallest absolute Gasteiger partial charge is 0.221 e. The van der Waals surface area contributed by atoms with Gasteiger partial charge >= 0.3 is 0 Å². The normalized spacial score (nSPS) is 19.4. The molecule has 1 aromatic carbocycles. The number of aliphatic imine (C=N–C) groups is 1. The number of guanidine groups is 1. The van der Waals surface area contributed by atoms with Crippen LogP contribution < -0.4 is 10.6 Å². The molecule has 1 aliphatic rings. The van der Waals surface area contributed by atoms with Crippen molar-refractivity contribution in [2.24, 2.45) is 10.9 Å². The number of benzene rings is 1. The van der Waals surface area contributed by atoms with Crippen molar-refractivity contribution in [3.8, 4) is 0 Å². The Bertz CT molecular complexity index is 807. The SMILES string of the molecule is CCNC(=NCc1cccc(NC(C)=O)c1)N1CCC(C)C(n2ccnc2)C1.I. The molecule has 0 spiro atoms. The van der Waals surface area contributed by atoms with E-state index in [9.17, 15) is 4.79 Å². The lowest BCUT2D eigenvalue weighted by Crippen LogP contribution is -2.49. The molecule has 8 heteroatoms. The molecule has 29 heavy (non-hydrogen) atoms. The van der Waals surface area contributed by atoms with E-state index in [4.69, 9.17) is 4.99 Å². The molecule has 0 aliphatic carbocycles. The van der Waals surface area contributed by atoms with Gasteiger partial charge in [-0.25, -0.2) is 9.98 Å². The van der Waals surface area contributed by atoms with Crippen LogP contribution >= 0.6 is 24.0 Å². The number of piperidine rings is 1. The van der Waals surface area contributed by atoms with Gasteiger partial charge in [0.15, 0.2) is 5.96 Å². The molecule has 1 aliphatic heterocycles. The molecule has 1 saturated heterocycles. The zero-order chi connectivity index (χ0) is 19.9. The van der Waals surface area contributed by atoms with Crippen LogP contribution in [0.25, 0.3) is 0 Å². The number of likely N-dealkylation sites (tertiary alicyclic amines) is 1. The van der Waals surface area contributed by atoms with Gasteiger partial charge in [-0.1, -0.05) is 19.1 Å². The molecule has 158 valence electrons. The second-order valence-corrected chi connectivity index (χ2v) is 7.34. The predicted octanol–water partition coefficient (Wildman–Crippen LogP) is 3.51. The van der Waals surface area contributed by atoms with Crippen molar-refractivity contribution in [1.82, 2.24) is 19.8 Å². The summed E-state index contributed by atoms with van der Waals surface area (Å²) in [6.07, 6.45) is 6.91. The van der Waals surface area contributed by atoms with E-state index >= 15 is 0 Å². The standard InChI is InChI=1S/C21H30N6O.HI/c1-4-23-21(24-13-18-6-5-7-19(12-18)25-17(3)28)26-10-8-16(2)20(14-26)27-11-9-22-15-27;/h5-7,9,11-12,15-16,20H,4,8,10,13-14H2,1-3H3,(H,23,24)(H,25,28);1H. The third kappa shape index (κ3) is 6.45. The number of hydrogen-bond acceptors (Lipinski definition) is 3. The summed E-state index contributed by atoms with van der Waals surface area (Å²) in [5.74, 6) is 1.47. The average molecular weight is 510 g/mol. The molecule has 2 atom stereocenters. The molecule has 0 saturated carbocycles. The van der Waals surface area contributed by atoms with Crippen LogP contribution in [0.3, 0.4) is 0 Å². The lowest BCUT2D eigenvalue weighted by molar-refractivity contribution is -0.114. The van der Waals surface area contributed by atoms with E-state index in [-0.39, 0.29) is 29.9 Å². The maximum absolute atomic E-state index is 11.3. The summed E-state index contributed by atoms with van der Waals surface area (Å²) in [4.78, 5) is 22.7. The molecule has 7 nitrogen and oxygen atoms in total. The molecule has 0 bridgehead atoms. The lowest BCUT2D eigenvalue weighted by Gasteiger charge is -2.39. The molecule has 1 aromatic heterocycles. The average Bonchev–Trinajstić information content (AvgIpc) is 3.20. The van der Waals surface area contributed by atoms with Crippen molar-refractivity contribution in [2.45, 2.75) is 39.8 Å². The summed E-state index contributed by atoms with van der Waals surface area (Å²) in [5.41, 5.74) is 1.87.